The molecular weight excluding hydrogens is 294 g/mol. The topological polar surface area (TPSA) is 66.8 Å². The lowest BCUT2D eigenvalue weighted by atomic mass is 9.91. The summed E-state index contributed by atoms with van der Waals surface area (Å²) in [5, 5.41) is 9.25. The van der Waals surface area contributed by atoms with Crippen LogP contribution in [0.3, 0.4) is 0 Å². The molecule has 1 saturated heterocycles. The van der Waals surface area contributed by atoms with E-state index < -0.39 is 11.6 Å². The van der Waals surface area contributed by atoms with Crippen LogP contribution in [-0.4, -0.2) is 40.8 Å². The molecule has 132 valence electrons. The largest absolute Gasteiger partial charge is 0.481 e. The molecule has 1 heterocycles. The second-order valence-electron chi connectivity index (χ2n) is 8.76. The maximum atomic E-state index is 12.2. The van der Waals surface area contributed by atoms with Gasteiger partial charge < -0.3 is 14.7 Å². The van der Waals surface area contributed by atoms with E-state index in [-0.39, 0.29) is 23.3 Å². The highest BCUT2D eigenvalue weighted by atomic mass is 16.6. The fourth-order valence-corrected chi connectivity index (χ4v) is 3.98. The minimum Gasteiger partial charge on any atom is -0.481 e. The van der Waals surface area contributed by atoms with Gasteiger partial charge in [-0.05, 0) is 63.7 Å². The first-order valence-electron chi connectivity index (χ1n) is 8.73. The number of hydrogen-bond acceptors (Lipinski definition) is 3. The minimum absolute atomic E-state index is 0.0780. The molecular formula is C18H31NO4. The average Bonchev–Trinajstić information content (AvgIpc) is 2.96. The average molecular weight is 325 g/mol. The van der Waals surface area contributed by atoms with Gasteiger partial charge in [-0.3, -0.25) is 4.79 Å². The van der Waals surface area contributed by atoms with Gasteiger partial charge in [-0.1, -0.05) is 13.8 Å². The van der Waals surface area contributed by atoms with Crippen molar-refractivity contribution in [3.63, 3.8) is 0 Å². The summed E-state index contributed by atoms with van der Waals surface area (Å²) in [4.78, 5) is 25.2. The molecule has 1 saturated carbocycles. The lowest BCUT2D eigenvalue weighted by Crippen LogP contribution is -2.42. The van der Waals surface area contributed by atoms with E-state index in [1.807, 2.05) is 39.5 Å². The van der Waals surface area contributed by atoms with E-state index in [4.69, 9.17) is 4.74 Å². The van der Waals surface area contributed by atoms with Crippen molar-refractivity contribution in [1.82, 2.24) is 4.90 Å². The molecule has 1 N–H and O–H groups in total. The number of nitrogens with zero attached hydrogens (tertiary/aromatic N) is 1. The molecule has 5 heteroatoms. The molecule has 2 rings (SSSR count). The normalized spacial score (nSPS) is 30.0. The number of hydrogen-bond donors (Lipinski definition) is 1. The molecule has 0 aromatic carbocycles. The molecule has 0 aromatic rings. The number of ether oxygens (including phenoxy) is 1. The van der Waals surface area contributed by atoms with E-state index >= 15 is 0 Å². The van der Waals surface area contributed by atoms with Gasteiger partial charge in [0.05, 0.1) is 5.92 Å². The molecule has 2 aliphatic rings. The third-order valence-corrected chi connectivity index (χ3v) is 5.37. The third kappa shape index (κ3) is 4.39. The van der Waals surface area contributed by atoms with Crippen LogP contribution in [0.2, 0.25) is 0 Å². The van der Waals surface area contributed by atoms with Crippen molar-refractivity contribution in [3.05, 3.63) is 0 Å². The standard InChI is InChI=1S/C18H31NO4/c1-17(2,3)23-16(22)19-10-6-7-12(11-19)8-9-13-14(15(20)21)18(13,4)5/h12-14H,6-11H2,1-5H3,(H,20,21). The summed E-state index contributed by atoms with van der Waals surface area (Å²) >= 11 is 0. The number of carboxylic acids is 1. The molecule has 23 heavy (non-hydrogen) atoms. The first-order valence-corrected chi connectivity index (χ1v) is 8.73. The number of likely N-dealkylation sites (tertiary alicyclic amines) is 1. The van der Waals surface area contributed by atoms with Crippen LogP contribution < -0.4 is 0 Å². The number of carboxylic acid groups (broad SMARTS) is 1. The van der Waals surface area contributed by atoms with Gasteiger partial charge in [-0.15, -0.1) is 0 Å². The molecule has 0 aromatic heterocycles. The first kappa shape index (κ1) is 18.1. The maximum absolute atomic E-state index is 12.2. The molecule has 1 aliphatic heterocycles. The lowest BCUT2D eigenvalue weighted by Gasteiger charge is -2.34. The minimum atomic E-state index is -0.668. The molecule has 3 atom stereocenters. The van der Waals surface area contributed by atoms with E-state index in [0.717, 1.165) is 38.8 Å². The van der Waals surface area contributed by atoms with Gasteiger partial charge in [0.15, 0.2) is 0 Å². The summed E-state index contributed by atoms with van der Waals surface area (Å²) < 4.78 is 5.45. The van der Waals surface area contributed by atoms with Crippen molar-refractivity contribution in [2.75, 3.05) is 13.1 Å². The van der Waals surface area contributed by atoms with E-state index in [1.54, 1.807) is 0 Å². The molecule has 5 nitrogen and oxygen atoms in total. The quantitative estimate of drug-likeness (QED) is 0.854. The van der Waals surface area contributed by atoms with Crippen LogP contribution >= 0.6 is 0 Å². The Labute approximate surface area is 139 Å². The molecule has 1 amide bonds. The Kier molecular flexibility index (Phi) is 4.97. The van der Waals surface area contributed by atoms with Crippen LogP contribution in [0.4, 0.5) is 4.79 Å². The van der Waals surface area contributed by atoms with Crippen LogP contribution in [0.25, 0.3) is 0 Å². The van der Waals surface area contributed by atoms with E-state index in [1.165, 1.54) is 0 Å². The number of carbonyl (C=O) groups excluding carboxylic acids is 1. The molecule has 0 bridgehead atoms. The summed E-state index contributed by atoms with van der Waals surface area (Å²) in [6, 6.07) is 0. The van der Waals surface area contributed by atoms with Crippen LogP contribution in [0.15, 0.2) is 0 Å². The summed E-state index contributed by atoms with van der Waals surface area (Å²) in [6.07, 6.45) is 3.83. The van der Waals surface area contributed by atoms with Crippen molar-refractivity contribution >= 4 is 12.1 Å². The zero-order chi connectivity index (χ0) is 17.4. The number of amides is 1. The maximum Gasteiger partial charge on any atom is 0.410 e. The zero-order valence-electron chi connectivity index (χ0n) is 15.1. The Morgan fingerprint density at radius 3 is 2.43 bits per heavy atom. The van der Waals surface area contributed by atoms with E-state index in [2.05, 4.69) is 0 Å². The molecule has 3 unspecified atom stereocenters. The Balaban J connectivity index is 1.81. The fourth-order valence-electron chi connectivity index (χ4n) is 3.98. The highest BCUT2D eigenvalue weighted by Gasteiger charge is 2.61. The summed E-state index contributed by atoms with van der Waals surface area (Å²) in [5.41, 5.74) is -0.540. The van der Waals surface area contributed by atoms with Gasteiger partial charge in [-0.25, -0.2) is 4.79 Å². The van der Waals surface area contributed by atoms with Gasteiger partial charge >= 0.3 is 12.1 Å². The summed E-state index contributed by atoms with van der Waals surface area (Å²) in [6.45, 7) is 11.2. The smallest absolute Gasteiger partial charge is 0.410 e. The van der Waals surface area contributed by atoms with Crippen molar-refractivity contribution in [3.8, 4) is 0 Å². The van der Waals surface area contributed by atoms with Gasteiger partial charge in [0.25, 0.3) is 0 Å². The van der Waals surface area contributed by atoms with Gasteiger partial charge in [0.2, 0.25) is 0 Å². The van der Waals surface area contributed by atoms with Crippen molar-refractivity contribution in [1.29, 1.82) is 0 Å². The third-order valence-electron chi connectivity index (χ3n) is 5.37. The van der Waals surface area contributed by atoms with Crippen molar-refractivity contribution in [2.24, 2.45) is 23.2 Å². The highest BCUT2D eigenvalue weighted by Crippen LogP contribution is 2.60. The van der Waals surface area contributed by atoms with Crippen molar-refractivity contribution < 1.29 is 19.4 Å². The molecule has 0 spiro atoms. The van der Waals surface area contributed by atoms with Gasteiger partial charge in [0.1, 0.15) is 5.60 Å². The second kappa shape index (κ2) is 6.33. The van der Waals surface area contributed by atoms with Crippen molar-refractivity contribution in [2.45, 2.75) is 65.9 Å². The Morgan fingerprint density at radius 1 is 1.26 bits per heavy atom. The first-order chi connectivity index (χ1) is 10.5. The van der Waals surface area contributed by atoms with E-state index in [9.17, 15) is 14.7 Å². The number of carbonyl (C=O) groups is 2. The molecule has 1 aliphatic carbocycles. The predicted octanol–water partition coefficient (Wildman–Crippen LogP) is 3.77. The summed E-state index contributed by atoms with van der Waals surface area (Å²) in [7, 11) is 0. The van der Waals surface area contributed by atoms with Crippen LogP contribution in [-0.2, 0) is 9.53 Å². The highest BCUT2D eigenvalue weighted by molar-refractivity contribution is 5.75. The number of piperidine rings is 1. The molecule has 2 fully saturated rings. The van der Waals surface area contributed by atoms with Crippen LogP contribution in [0, 0.1) is 23.2 Å². The van der Waals surface area contributed by atoms with Crippen LogP contribution in [0.5, 0.6) is 0 Å². The SMILES string of the molecule is CC(C)(C)OC(=O)N1CCCC(CCC2C(C(=O)O)C2(C)C)C1. The van der Waals surface area contributed by atoms with E-state index in [0.29, 0.717) is 5.92 Å². The van der Waals surface area contributed by atoms with Gasteiger partial charge in [-0.2, -0.15) is 0 Å². The Morgan fingerprint density at radius 2 is 1.91 bits per heavy atom. The second-order valence-corrected chi connectivity index (χ2v) is 8.76. The fraction of sp³-hybridized carbons (Fsp3) is 0.889. The van der Waals surface area contributed by atoms with Crippen LogP contribution in [0.1, 0.15) is 60.3 Å². The molecule has 0 radical (unpaired) electrons. The lowest BCUT2D eigenvalue weighted by molar-refractivity contribution is -0.139. The zero-order valence-corrected chi connectivity index (χ0v) is 15.1. The summed E-state index contributed by atoms with van der Waals surface area (Å²) in [5.74, 6) is -0.133. The monoisotopic (exact) mass is 325 g/mol. The Bertz CT molecular complexity index is 466. The number of rotatable bonds is 4. The predicted molar refractivity (Wildman–Crippen MR) is 88.2 cm³/mol. The van der Waals surface area contributed by atoms with Gasteiger partial charge in [0, 0.05) is 13.1 Å². The Hall–Kier alpha value is -1.26. The number of aliphatic carboxylic acids is 1.